The molecule has 10 heteroatoms. The van der Waals surface area contributed by atoms with Gasteiger partial charge < -0.3 is 0 Å². The number of rotatable bonds is 1. The average Bonchev–Trinajstić information content (AvgIpc) is 1.66. The second kappa shape index (κ2) is 61.1. The molecule has 0 bridgehead atoms. The lowest BCUT2D eigenvalue weighted by Gasteiger charge is -2.43. The summed E-state index contributed by atoms with van der Waals surface area (Å²) < 4.78 is -2.78. The number of alkyl halides is 10. The van der Waals surface area contributed by atoms with Crippen LogP contribution in [0.5, 0.6) is 0 Å². The van der Waals surface area contributed by atoms with E-state index in [0.29, 0.717) is 0 Å². The monoisotopic (exact) mass is 1990 g/mol. The van der Waals surface area contributed by atoms with E-state index in [1.54, 1.807) is 275 Å². The molecule has 0 aromatic carbocycles. The zero-order chi connectivity index (χ0) is 95.6. The Hall–Kier alpha value is 2.90. The molecule has 19 aliphatic rings. The summed E-state index contributed by atoms with van der Waals surface area (Å²) in [5.74, 6) is 36.4. The highest BCUT2D eigenvalue weighted by Gasteiger charge is 2.49. The molecule has 0 amide bonds. The van der Waals surface area contributed by atoms with Crippen molar-refractivity contribution in [3.63, 3.8) is 0 Å². The van der Waals surface area contributed by atoms with Crippen LogP contribution in [0.25, 0.3) is 0 Å². The van der Waals surface area contributed by atoms with Gasteiger partial charge in [-0.15, -0.1) is 116 Å². The lowest BCUT2D eigenvalue weighted by molar-refractivity contribution is 0.0726. The Kier molecular flexibility index (Phi) is 58.0. The van der Waals surface area contributed by atoms with Crippen LogP contribution in [0.4, 0.5) is 0 Å². The molecule has 0 aromatic heterocycles. The summed E-state index contributed by atoms with van der Waals surface area (Å²) in [6.07, 6.45) is 81.8. The number of hydrogen-bond donors (Lipinski definition) is 0. The molecule has 19 aliphatic carbocycles. The van der Waals surface area contributed by atoms with Crippen LogP contribution in [-0.2, 0) is 0 Å². The summed E-state index contributed by atoms with van der Waals surface area (Å²) in [4.78, 5) is 0. The molecule has 19 rings (SSSR count). The highest BCUT2D eigenvalue weighted by atomic mass is 35.5. The maximum absolute atomic E-state index is 5.30. The summed E-state index contributed by atoms with van der Waals surface area (Å²) >= 11 is 53.0. The quantitative estimate of drug-likeness (QED) is 0.230. The van der Waals surface area contributed by atoms with E-state index in [-0.39, 0.29) is 0 Å². The first-order valence-corrected chi connectivity index (χ1v) is 60.4. The molecule has 0 aliphatic heterocycles. The van der Waals surface area contributed by atoms with Gasteiger partial charge in [-0.25, -0.2) is 0 Å². The minimum atomic E-state index is -0.556. The molecular formula is C118H218Cl10. The molecule has 0 saturated heterocycles. The summed E-state index contributed by atoms with van der Waals surface area (Å²) in [6, 6.07) is 0. The summed E-state index contributed by atoms with van der Waals surface area (Å²) in [5, 5.41) is 0. The Morgan fingerprint density at radius 1 is 0.156 bits per heavy atom. The van der Waals surface area contributed by atoms with Gasteiger partial charge in [-0.3, -0.25) is 0 Å². The van der Waals surface area contributed by atoms with Crippen molar-refractivity contribution in [2.24, 2.45) is 201 Å². The van der Waals surface area contributed by atoms with E-state index in [1.807, 2.05) is 0 Å². The smallest absolute Gasteiger partial charge is 0.102 e. The lowest BCUT2D eigenvalue weighted by Crippen LogP contribution is -2.33. The normalized spacial score (nSPS) is 40.4. The highest BCUT2D eigenvalue weighted by molar-refractivity contribution is 6.49. The van der Waals surface area contributed by atoms with Crippen LogP contribution in [0, 0.1) is 201 Å². The third kappa shape index (κ3) is 48.3. The average molecular weight is 1990 g/mol. The fourth-order valence-electron chi connectivity index (χ4n) is 30.5. The third-order valence-electron chi connectivity index (χ3n) is 38.1. The highest BCUT2D eigenvalue weighted by Crippen LogP contribution is 2.59. The molecule has 0 spiro atoms. The van der Waals surface area contributed by atoms with E-state index in [4.69, 9.17) is 116 Å². The van der Waals surface area contributed by atoms with Crippen LogP contribution < -0.4 is 0 Å². The predicted octanol–water partition coefficient (Wildman–Crippen LogP) is 44.1. The summed E-state index contributed by atoms with van der Waals surface area (Å²) in [5.41, 5.74) is 0. The van der Waals surface area contributed by atoms with Gasteiger partial charge in [-0.1, -0.05) is 323 Å². The van der Waals surface area contributed by atoms with Crippen molar-refractivity contribution in [3.05, 3.63) is 0 Å². The molecule has 760 valence electrons. The Balaban J connectivity index is 0.000000248. The van der Waals surface area contributed by atoms with Crippen molar-refractivity contribution in [1.29, 1.82) is 0 Å². The maximum Gasteiger partial charge on any atom is 0.112 e. The van der Waals surface area contributed by atoms with Gasteiger partial charge in [0.15, 0.2) is 0 Å². The van der Waals surface area contributed by atoms with Crippen LogP contribution in [0.15, 0.2) is 0 Å². The molecule has 0 N–H and O–H groups in total. The second-order valence-corrected chi connectivity index (χ2v) is 61.2. The van der Waals surface area contributed by atoms with Gasteiger partial charge in [0, 0.05) is 0 Å². The van der Waals surface area contributed by atoms with Crippen molar-refractivity contribution in [3.8, 4) is 0 Å². The van der Waals surface area contributed by atoms with Gasteiger partial charge >= 0.3 is 0 Å². The number of halogens is 10. The van der Waals surface area contributed by atoms with Crippen LogP contribution in [0.3, 0.4) is 0 Å². The predicted molar refractivity (Wildman–Crippen MR) is 583 cm³/mol. The Morgan fingerprint density at radius 2 is 0.312 bits per heavy atom. The van der Waals surface area contributed by atoms with E-state index < -0.39 is 21.7 Å². The first kappa shape index (κ1) is 121. The molecule has 0 radical (unpaired) electrons. The van der Waals surface area contributed by atoms with E-state index in [1.165, 1.54) is 147 Å². The van der Waals surface area contributed by atoms with Gasteiger partial charge in [0.2, 0.25) is 0 Å². The zero-order valence-electron chi connectivity index (χ0n) is 89.4. The summed E-state index contributed by atoms with van der Waals surface area (Å²) in [7, 11) is 0. The van der Waals surface area contributed by atoms with Crippen molar-refractivity contribution in [1.82, 2.24) is 0 Å². The second-order valence-electron chi connectivity index (χ2n) is 50.8. The molecular weight excluding hydrogens is 1770 g/mol. The third-order valence-corrected chi connectivity index (χ3v) is 38.1. The van der Waals surface area contributed by atoms with Crippen molar-refractivity contribution in [2.75, 3.05) is 0 Å². The van der Waals surface area contributed by atoms with Crippen molar-refractivity contribution >= 4 is 116 Å². The van der Waals surface area contributed by atoms with Crippen LogP contribution in [-0.4, -0.2) is 21.7 Å². The standard InChI is InChI=1S/4C14H24.2C10H20.C9H16.C7H14.C6H12.C5H10.5C3H6Cl2/c4*1-10-8-12-7-6-11-4-2-3-5-13(11)14(12)9-10;2*1-6-7(2)9(4)10(5)8(6)3;1-2-5-9-7-3-6-8(9)4-1;1-2-7-5-3-4-6-7;1-6-4-2-3-5-6;1-2-4-5-3-1;5*1-3(2,4)5/h4*10-14H,2-9H2,1H3;2*6-10H,1-5H3;8-9H,1-7H2;7H,2-6H2,1H3;6H,2-5H2,1H3;1-5H2;5*1-2H3. The molecule has 128 heavy (non-hydrogen) atoms. The van der Waals surface area contributed by atoms with Crippen LogP contribution in [0.1, 0.15) is 520 Å². The van der Waals surface area contributed by atoms with Gasteiger partial charge in [0.05, 0.1) is 0 Å². The largest absolute Gasteiger partial charge is 0.112 e. The molecule has 22 unspecified atom stereocenters. The maximum atomic E-state index is 5.30. The lowest BCUT2D eigenvalue weighted by atomic mass is 9.62. The first-order valence-electron chi connectivity index (χ1n) is 56.7. The number of hydrogen-bond acceptors (Lipinski definition) is 0. The SMILES string of the molecule is C1CCC2CCCC2C1.C1CCCC1.CC(C)(Cl)Cl.CC(C)(Cl)Cl.CC(C)(Cl)Cl.CC(C)(Cl)Cl.CC(C)(Cl)Cl.CC1C(C)C(C)C(C)C1C.CC1C(C)C(C)C(C)C1C.CC1CC2CCC3CCCCC3C2C1.CC1CC2CCC3CCCCC3C2C1.CC1CC2CCC3CCCCC3C2C1.CC1CC2CCC3CCCCC3C2C1.CC1CCCC1.CCC1CCCC1. The fraction of sp³-hybridized carbons (Fsp3) is 1.00. The number of fused-ring (bicyclic) bond motifs is 13. The minimum Gasteiger partial charge on any atom is -0.102 e. The Labute approximate surface area is 851 Å². The van der Waals surface area contributed by atoms with E-state index in [9.17, 15) is 0 Å². The summed E-state index contributed by atoms with van der Waals surface area (Å²) in [6.45, 7) is 55.7. The Morgan fingerprint density at radius 3 is 0.484 bits per heavy atom. The van der Waals surface area contributed by atoms with Gasteiger partial charge in [-0.2, -0.15) is 0 Å². The van der Waals surface area contributed by atoms with Crippen molar-refractivity contribution in [2.45, 2.75) is 542 Å². The van der Waals surface area contributed by atoms with Gasteiger partial charge in [-0.05, 0) is 399 Å². The van der Waals surface area contributed by atoms with E-state index in [2.05, 4.69) is 111 Å². The van der Waals surface area contributed by atoms with E-state index >= 15 is 0 Å². The molecule has 22 atom stereocenters. The minimum absolute atomic E-state index is 0.556. The van der Waals surface area contributed by atoms with Gasteiger partial charge in [0.1, 0.15) is 21.7 Å². The molecule has 0 nitrogen and oxygen atoms in total. The molecule has 19 fully saturated rings. The topological polar surface area (TPSA) is 0 Å². The fourth-order valence-corrected chi connectivity index (χ4v) is 30.5. The molecule has 19 saturated carbocycles. The Bertz CT molecular complexity index is 2330. The van der Waals surface area contributed by atoms with Crippen LogP contribution >= 0.6 is 116 Å². The van der Waals surface area contributed by atoms with E-state index in [0.717, 1.165) is 189 Å². The van der Waals surface area contributed by atoms with Crippen molar-refractivity contribution < 1.29 is 0 Å². The molecule has 0 heterocycles. The molecule has 0 aromatic rings. The zero-order valence-corrected chi connectivity index (χ0v) is 96.9. The van der Waals surface area contributed by atoms with Crippen LogP contribution in [0.2, 0.25) is 0 Å². The first-order chi connectivity index (χ1) is 59.8. The van der Waals surface area contributed by atoms with Gasteiger partial charge in [0.25, 0.3) is 0 Å².